The van der Waals surface area contributed by atoms with Crippen LogP contribution in [-0.4, -0.2) is 47.8 Å². The van der Waals surface area contributed by atoms with Crippen molar-refractivity contribution in [1.82, 2.24) is 9.80 Å². The maximum absolute atomic E-state index is 13.0. The van der Waals surface area contributed by atoms with Gasteiger partial charge in [-0.2, -0.15) is 0 Å². The molecule has 0 N–H and O–H groups in total. The van der Waals surface area contributed by atoms with Crippen molar-refractivity contribution >= 4 is 23.2 Å². The van der Waals surface area contributed by atoms with Gasteiger partial charge in [0.2, 0.25) is 5.91 Å². The second-order valence-corrected chi connectivity index (χ2v) is 7.50. The number of nitrogens with zero attached hydrogens (tertiary/aromatic N) is 2. The first-order valence-corrected chi connectivity index (χ1v) is 9.06. The summed E-state index contributed by atoms with van der Waals surface area (Å²) in [6.45, 7) is 6.29. The van der Waals surface area contributed by atoms with Gasteiger partial charge in [0.25, 0.3) is 5.91 Å². The molecule has 2 amide bonds. The maximum Gasteiger partial charge on any atom is 0.264 e. The molecule has 4 nitrogen and oxygen atoms in total. The first-order chi connectivity index (χ1) is 11.5. The molecule has 0 unspecified atom stereocenters. The molecule has 1 aromatic heterocycles. The lowest BCUT2D eigenvalue weighted by atomic mass is 9.83. The lowest BCUT2D eigenvalue weighted by Crippen LogP contribution is -2.54. The van der Waals surface area contributed by atoms with Crippen molar-refractivity contribution in [3.05, 3.63) is 58.3 Å². The Kier molecular flexibility index (Phi) is 4.71. The summed E-state index contributed by atoms with van der Waals surface area (Å²) in [7, 11) is 0. The zero-order chi connectivity index (χ0) is 17.2. The molecule has 1 aromatic carbocycles. The predicted molar refractivity (Wildman–Crippen MR) is 96.3 cm³/mol. The molecule has 0 spiro atoms. The molecule has 0 radical (unpaired) electrons. The van der Waals surface area contributed by atoms with E-state index in [1.807, 2.05) is 71.5 Å². The number of carbonyl (C=O) groups excluding carboxylic acids is 2. The Labute approximate surface area is 146 Å². The normalized spacial score (nSPS) is 15.4. The number of rotatable bonds is 3. The smallest absolute Gasteiger partial charge is 0.264 e. The van der Waals surface area contributed by atoms with Crippen LogP contribution in [0.5, 0.6) is 0 Å². The quantitative estimate of drug-likeness (QED) is 0.860. The standard InChI is InChI=1S/C19H22N2O2S/c1-19(2,15-7-4-3-5-8-15)18(23)21-12-10-20(11-13-21)17(22)16-9-6-14-24-16/h3-9,14H,10-13H2,1-2H3. The van der Waals surface area contributed by atoms with Crippen molar-refractivity contribution < 1.29 is 9.59 Å². The third-order valence-electron chi connectivity index (χ3n) is 4.62. The molecule has 3 rings (SSSR count). The highest BCUT2D eigenvalue weighted by Crippen LogP contribution is 2.26. The van der Waals surface area contributed by atoms with E-state index in [0.29, 0.717) is 26.2 Å². The first kappa shape index (κ1) is 16.7. The van der Waals surface area contributed by atoms with Gasteiger partial charge in [-0.3, -0.25) is 9.59 Å². The van der Waals surface area contributed by atoms with Crippen LogP contribution in [0.4, 0.5) is 0 Å². The monoisotopic (exact) mass is 342 g/mol. The van der Waals surface area contributed by atoms with Gasteiger partial charge in [0.15, 0.2) is 0 Å². The van der Waals surface area contributed by atoms with E-state index in [1.54, 1.807) is 0 Å². The summed E-state index contributed by atoms with van der Waals surface area (Å²) in [6, 6.07) is 13.6. The number of hydrogen-bond acceptors (Lipinski definition) is 3. The van der Waals surface area contributed by atoms with Crippen molar-refractivity contribution in [3.8, 4) is 0 Å². The number of amides is 2. The highest BCUT2D eigenvalue weighted by molar-refractivity contribution is 7.12. The van der Waals surface area contributed by atoms with Crippen LogP contribution in [0.2, 0.25) is 0 Å². The molecule has 0 atom stereocenters. The number of thiophene rings is 1. The fourth-order valence-electron chi connectivity index (χ4n) is 3.04. The molecule has 24 heavy (non-hydrogen) atoms. The highest BCUT2D eigenvalue weighted by Gasteiger charge is 2.35. The van der Waals surface area contributed by atoms with Gasteiger partial charge in [-0.15, -0.1) is 11.3 Å². The van der Waals surface area contributed by atoms with Gasteiger partial charge in [0.05, 0.1) is 10.3 Å². The Bertz CT molecular complexity index is 702. The zero-order valence-electron chi connectivity index (χ0n) is 14.1. The van der Waals surface area contributed by atoms with Crippen molar-refractivity contribution in [2.75, 3.05) is 26.2 Å². The molecular weight excluding hydrogens is 320 g/mol. The Morgan fingerprint density at radius 1 is 0.917 bits per heavy atom. The number of benzene rings is 1. The number of carbonyl (C=O) groups is 2. The van der Waals surface area contributed by atoms with E-state index < -0.39 is 5.41 Å². The fourth-order valence-corrected chi connectivity index (χ4v) is 3.73. The molecule has 0 bridgehead atoms. The van der Waals surface area contributed by atoms with Crippen molar-refractivity contribution in [2.45, 2.75) is 19.3 Å². The molecule has 2 heterocycles. The van der Waals surface area contributed by atoms with E-state index >= 15 is 0 Å². The first-order valence-electron chi connectivity index (χ1n) is 8.18. The van der Waals surface area contributed by atoms with Crippen LogP contribution in [-0.2, 0) is 10.2 Å². The van der Waals surface area contributed by atoms with Gasteiger partial charge in [0.1, 0.15) is 0 Å². The summed E-state index contributed by atoms with van der Waals surface area (Å²) in [5.74, 6) is 0.191. The Morgan fingerprint density at radius 2 is 1.54 bits per heavy atom. The van der Waals surface area contributed by atoms with Crippen LogP contribution in [0.15, 0.2) is 47.8 Å². The SMILES string of the molecule is CC(C)(C(=O)N1CCN(C(=O)c2cccs2)CC1)c1ccccc1. The summed E-state index contributed by atoms with van der Waals surface area (Å²) in [5, 5.41) is 1.91. The van der Waals surface area contributed by atoms with Crippen molar-refractivity contribution in [2.24, 2.45) is 0 Å². The van der Waals surface area contributed by atoms with Crippen LogP contribution in [0.1, 0.15) is 29.1 Å². The lowest BCUT2D eigenvalue weighted by Gasteiger charge is -2.38. The topological polar surface area (TPSA) is 40.6 Å². The maximum atomic E-state index is 13.0. The van der Waals surface area contributed by atoms with E-state index in [1.165, 1.54) is 11.3 Å². The van der Waals surface area contributed by atoms with Crippen molar-refractivity contribution in [1.29, 1.82) is 0 Å². The average molecular weight is 342 g/mol. The molecule has 1 aliphatic rings. The molecular formula is C19H22N2O2S. The summed E-state index contributed by atoms with van der Waals surface area (Å²) < 4.78 is 0. The Hall–Kier alpha value is -2.14. The molecule has 5 heteroatoms. The van der Waals surface area contributed by atoms with Gasteiger partial charge in [-0.1, -0.05) is 36.4 Å². The highest BCUT2D eigenvalue weighted by atomic mass is 32.1. The third-order valence-corrected chi connectivity index (χ3v) is 5.47. The van der Waals surface area contributed by atoms with Gasteiger partial charge >= 0.3 is 0 Å². The van der Waals surface area contributed by atoms with Crippen LogP contribution in [0, 0.1) is 0 Å². The molecule has 1 aliphatic heterocycles. The number of hydrogen-bond donors (Lipinski definition) is 0. The van der Waals surface area contributed by atoms with E-state index in [-0.39, 0.29) is 11.8 Å². The minimum atomic E-state index is -0.554. The van der Waals surface area contributed by atoms with Gasteiger partial charge in [0, 0.05) is 26.2 Å². The van der Waals surface area contributed by atoms with E-state index in [2.05, 4.69) is 0 Å². The minimum Gasteiger partial charge on any atom is -0.338 e. The largest absolute Gasteiger partial charge is 0.338 e. The van der Waals surface area contributed by atoms with Crippen LogP contribution in [0.3, 0.4) is 0 Å². The lowest BCUT2D eigenvalue weighted by molar-refractivity contribution is -0.137. The van der Waals surface area contributed by atoms with Gasteiger partial charge in [-0.05, 0) is 30.9 Å². The summed E-state index contributed by atoms with van der Waals surface area (Å²) in [5.41, 5.74) is 0.466. The summed E-state index contributed by atoms with van der Waals surface area (Å²) >= 11 is 1.46. The zero-order valence-corrected chi connectivity index (χ0v) is 14.9. The molecule has 1 fully saturated rings. The van der Waals surface area contributed by atoms with Crippen LogP contribution < -0.4 is 0 Å². The van der Waals surface area contributed by atoms with Crippen molar-refractivity contribution in [3.63, 3.8) is 0 Å². The fraction of sp³-hybridized carbons (Fsp3) is 0.368. The second kappa shape index (κ2) is 6.77. The van der Waals surface area contributed by atoms with E-state index in [4.69, 9.17) is 0 Å². The molecule has 2 aromatic rings. The molecule has 0 aliphatic carbocycles. The summed E-state index contributed by atoms with van der Waals surface area (Å²) in [4.78, 5) is 29.8. The van der Waals surface area contributed by atoms with E-state index in [0.717, 1.165) is 10.4 Å². The van der Waals surface area contributed by atoms with E-state index in [9.17, 15) is 9.59 Å². The summed E-state index contributed by atoms with van der Waals surface area (Å²) in [6.07, 6.45) is 0. The Balaban J connectivity index is 1.64. The van der Waals surface area contributed by atoms with Crippen LogP contribution in [0.25, 0.3) is 0 Å². The molecule has 1 saturated heterocycles. The van der Waals surface area contributed by atoms with Gasteiger partial charge < -0.3 is 9.80 Å². The van der Waals surface area contributed by atoms with Crippen LogP contribution >= 0.6 is 11.3 Å². The average Bonchev–Trinajstić information content (AvgIpc) is 3.16. The minimum absolute atomic E-state index is 0.0689. The molecule has 0 saturated carbocycles. The Morgan fingerprint density at radius 3 is 2.12 bits per heavy atom. The molecule has 126 valence electrons. The second-order valence-electron chi connectivity index (χ2n) is 6.55. The number of piperazine rings is 1. The predicted octanol–water partition coefficient (Wildman–Crippen LogP) is 3.01. The third kappa shape index (κ3) is 3.22. The van der Waals surface area contributed by atoms with Gasteiger partial charge in [-0.25, -0.2) is 0 Å².